The molecule has 0 aliphatic heterocycles. The zero-order valence-electron chi connectivity index (χ0n) is 18.1. The maximum Gasteiger partial charge on any atom is 0.340 e. The number of benzene rings is 2. The minimum Gasteiger partial charge on any atom is -0.480 e. The molecule has 0 aliphatic carbocycles. The van der Waals surface area contributed by atoms with Crippen LogP contribution in [-0.2, 0) is 16.0 Å². The Morgan fingerprint density at radius 1 is 1.12 bits per heavy atom. The maximum absolute atomic E-state index is 12.6. The molecular formula is C25H22ClNO6. The molecule has 0 saturated carbocycles. The highest BCUT2D eigenvalue weighted by Crippen LogP contribution is 2.35. The molecule has 0 aliphatic rings. The van der Waals surface area contributed by atoms with E-state index in [-0.39, 0.29) is 12.0 Å². The summed E-state index contributed by atoms with van der Waals surface area (Å²) in [7, 11) is 0. The first kappa shape index (κ1) is 22.6. The van der Waals surface area contributed by atoms with Gasteiger partial charge in [0.25, 0.3) is 0 Å². The summed E-state index contributed by atoms with van der Waals surface area (Å²) in [6.45, 7) is 3.58. The largest absolute Gasteiger partial charge is 0.480 e. The Kier molecular flexibility index (Phi) is 6.24. The third kappa shape index (κ3) is 4.50. The van der Waals surface area contributed by atoms with Crippen molar-refractivity contribution in [2.75, 3.05) is 0 Å². The summed E-state index contributed by atoms with van der Waals surface area (Å²) in [5.41, 5.74) is 2.84. The summed E-state index contributed by atoms with van der Waals surface area (Å²) in [4.78, 5) is 36.5. The number of carbonyl (C=O) groups is 2. The van der Waals surface area contributed by atoms with Crippen molar-refractivity contribution in [1.29, 1.82) is 0 Å². The van der Waals surface area contributed by atoms with E-state index >= 15 is 0 Å². The third-order valence-electron chi connectivity index (χ3n) is 5.68. The number of carbonyl (C=O) groups excluding carboxylic acids is 1. The highest BCUT2D eigenvalue weighted by atomic mass is 35.5. The average Bonchev–Trinajstić information content (AvgIpc) is 3.18. The molecule has 2 N–H and O–H groups in total. The van der Waals surface area contributed by atoms with Gasteiger partial charge in [0.05, 0.1) is 18.2 Å². The predicted molar refractivity (Wildman–Crippen MR) is 126 cm³/mol. The fraction of sp³-hybridized carbons (Fsp3) is 0.240. The standard InChI is InChI=1S/C25H22ClNO6/c1-3-4-20(24(29)30)27-23(28)10-17-13(2)16-9-18-19(14-5-7-15(26)8-6-14)12-32-21(18)11-22(16)33-25(17)31/h5-9,11-12,20H,3-4,10H2,1-2H3,(H,27,28)(H,29,30)/t20-/m0/s1. The van der Waals surface area contributed by atoms with Crippen LogP contribution in [0, 0.1) is 6.92 Å². The molecule has 2 aromatic carbocycles. The summed E-state index contributed by atoms with van der Waals surface area (Å²) in [5.74, 6) is -1.65. The highest BCUT2D eigenvalue weighted by Gasteiger charge is 2.22. The number of furan rings is 1. The molecule has 8 heteroatoms. The lowest BCUT2D eigenvalue weighted by Gasteiger charge is -2.14. The number of rotatable bonds is 7. The average molecular weight is 468 g/mol. The number of aryl methyl sites for hydroxylation is 1. The van der Waals surface area contributed by atoms with Crippen LogP contribution in [0.5, 0.6) is 0 Å². The molecule has 0 bridgehead atoms. The Hall–Kier alpha value is -3.58. The van der Waals surface area contributed by atoms with Crippen molar-refractivity contribution in [1.82, 2.24) is 5.32 Å². The first-order chi connectivity index (χ1) is 15.8. The van der Waals surface area contributed by atoms with Crippen LogP contribution in [0.3, 0.4) is 0 Å². The van der Waals surface area contributed by atoms with E-state index in [1.165, 1.54) is 0 Å². The summed E-state index contributed by atoms with van der Waals surface area (Å²) in [6, 6.07) is 9.89. The zero-order chi connectivity index (χ0) is 23.7. The van der Waals surface area contributed by atoms with Gasteiger partial charge in [-0.2, -0.15) is 0 Å². The number of hydrogen-bond acceptors (Lipinski definition) is 5. The van der Waals surface area contributed by atoms with Gasteiger partial charge in [-0.25, -0.2) is 9.59 Å². The number of amides is 1. The molecule has 0 fully saturated rings. The second-order valence-electron chi connectivity index (χ2n) is 7.92. The fourth-order valence-corrected chi connectivity index (χ4v) is 4.05. The normalized spacial score (nSPS) is 12.2. The van der Waals surface area contributed by atoms with Crippen molar-refractivity contribution in [2.45, 2.75) is 39.2 Å². The van der Waals surface area contributed by atoms with E-state index in [1.807, 2.05) is 25.1 Å². The van der Waals surface area contributed by atoms with Gasteiger partial charge in [0.15, 0.2) is 0 Å². The van der Waals surface area contributed by atoms with Crippen LogP contribution >= 0.6 is 11.6 Å². The van der Waals surface area contributed by atoms with Crippen LogP contribution in [-0.4, -0.2) is 23.0 Å². The summed E-state index contributed by atoms with van der Waals surface area (Å²) >= 11 is 6.00. The number of halogens is 1. The number of fused-ring (bicyclic) bond motifs is 2. The van der Waals surface area contributed by atoms with Gasteiger partial charge >= 0.3 is 11.6 Å². The SMILES string of the molecule is CCC[C@H](NC(=O)Cc1c(C)c2cc3c(-c4ccc(Cl)cc4)coc3cc2oc1=O)C(=O)O. The molecule has 170 valence electrons. The van der Waals surface area contributed by atoms with Crippen LogP contribution in [0.4, 0.5) is 0 Å². The van der Waals surface area contributed by atoms with Gasteiger partial charge in [0, 0.05) is 27.4 Å². The minimum absolute atomic E-state index is 0.191. The van der Waals surface area contributed by atoms with Crippen LogP contribution < -0.4 is 10.9 Å². The van der Waals surface area contributed by atoms with Gasteiger partial charge in [0.1, 0.15) is 17.2 Å². The molecule has 4 rings (SSSR count). The Bertz CT molecular complexity index is 1420. The van der Waals surface area contributed by atoms with Crippen molar-refractivity contribution in [3.05, 3.63) is 69.2 Å². The number of carboxylic acid groups (broad SMARTS) is 1. The fourth-order valence-electron chi connectivity index (χ4n) is 3.92. The van der Waals surface area contributed by atoms with Crippen LogP contribution in [0.15, 0.2) is 56.3 Å². The Labute approximate surface area is 194 Å². The Balaban J connectivity index is 1.74. The molecular weight excluding hydrogens is 446 g/mol. The minimum atomic E-state index is -1.11. The first-order valence-electron chi connectivity index (χ1n) is 10.5. The maximum atomic E-state index is 12.6. The van der Waals surface area contributed by atoms with E-state index in [0.717, 1.165) is 16.5 Å². The Morgan fingerprint density at radius 3 is 2.52 bits per heavy atom. The molecule has 0 spiro atoms. The lowest BCUT2D eigenvalue weighted by Crippen LogP contribution is -2.41. The van der Waals surface area contributed by atoms with E-state index in [1.54, 1.807) is 31.4 Å². The number of carboxylic acids is 1. The molecule has 0 radical (unpaired) electrons. The van der Waals surface area contributed by atoms with Crippen LogP contribution in [0.2, 0.25) is 5.02 Å². The first-order valence-corrected chi connectivity index (χ1v) is 10.9. The quantitative estimate of drug-likeness (QED) is 0.367. The molecule has 0 saturated heterocycles. The van der Waals surface area contributed by atoms with E-state index in [4.69, 9.17) is 20.4 Å². The van der Waals surface area contributed by atoms with Gasteiger partial charge in [-0.3, -0.25) is 4.79 Å². The molecule has 33 heavy (non-hydrogen) atoms. The van der Waals surface area contributed by atoms with Gasteiger partial charge in [-0.1, -0.05) is 37.1 Å². The lowest BCUT2D eigenvalue weighted by molar-refractivity contribution is -0.141. The third-order valence-corrected chi connectivity index (χ3v) is 5.94. The van der Waals surface area contributed by atoms with Gasteiger partial charge < -0.3 is 19.3 Å². The second kappa shape index (κ2) is 9.11. The number of aliphatic carboxylic acids is 1. The second-order valence-corrected chi connectivity index (χ2v) is 8.35. The summed E-state index contributed by atoms with van der Waals surface area (Å²) in [6.07, 6.45) is 2.27. The Morgan fingerprint density at radius 2 is 1.85 bits per heavy atom. The zero-order valence-corrected chi connectivity index (χ0v) is 18.9. The summed E-state index contributed by atoms with van der Waals surface area (Å²) in [5, 5.41) is 13.9. The van der Waals surface area contributed by atoms with Crippen LogP contribution in [0.1, 0.15) is 30.9 Å². The number of hydrogen-bond donors (Lipinski definition) is 2. The van der Waals surface area contributed by atoms with Crippen molar-refractivity contribution >= 4 is 45.4 Å². The van der Waals surface area contributed by atoms with E-state index in [2.05, 4.69) is 5.32 Å². The van der Waals surface area contributed by atoms with Gasteiger partial charge in [-0.05, 0) is 42.7 Å². The van der Waals surface area contributed by atoms with Crippen molar-refractivity contribution in [3.63, 3.8) is 0 Å². The van der Waals surface area contributed by atoms with Gasteiger partial charge in [-0.15, -0.1) is 0 Å². The topological polar surface area (TPSA) is 110 Å². The van der Waals surface area contributed by atoms with E-state index < -0.39 is 23.5 Å². The van der Waals surface area contributed by atoms with Crippen molar-refractivity contribution in [2.24, 2.45) is 0 Å². The molecule has 2 heterocycles. The molecule has 4 aromatic rings. The van der Waals surface area contributed by atoms with Gasteiger partial charge in [0.2, 0.25) is 5.91 Å². The smallest absolute Gasteiger partial charge is 0.340 e. The van der Waals surface area contributed by atoms with E-state index in [9.17, 15) is 19.5 Å². The van der Waals surface area contributed by atoms with E-state index in [0.29, 0.717) is 40.0 Å². The molecule has 1 amide bonds. The van der Waals surface area contributed by atoms with Crippen molar-refractivity contribution in [3.8, 4) is 11.1 Å². The van der Waals surface area contributed by atoms with Crippen LogP contribution in [0.25, 0.3) is 33.1 Å². The predicted octanol–water partition coefficient (Wildman–Crippen LogP) is 5.08. The monoisotopic (exact) mass is 467 g/mol. The number of nitrogens with one attached hydrogen (secondary N) is 1. The lowest BCUT2D eigenvalue weighted by atomic mass is 9.99. The molecule has 0 unspecified atom stereocenters. The highest BCUT2D eigenvalue weighted by molar-refractivity contribution is 6.30. The summed E-state index contributed by atoms with van der Waals surface area (Å²) < 4.78 is 11.2. The molecule has 2 aromatic heterocycles. The van der Waals surface area contributed by atoms with Crippen molar-refractivity contribution < 1.29 is 23.5 Å². The molecule has 1 atom stereocenters. The molecule has 7 nitrogen and oxygen atoms in total.